The zero-order chi connectivity index (χ0) is 20.0. The largest absolute Gasteiger partial charge is 0.409 e. The van der Waals surface area contributed by atoms with Crippen LogP contribution in [0.1, 0.15) is 51.3 Å². The molecule has 27 heavy (non-hydrogen) atoms. The van der Waals surface area contributed by atoms with E-state index < -0.39 is 23.7 Å². The molecule has 3 rings (SSSR count). The summed E-state index contributed by atoms with van der Waals surface area (Å²) < 4.78 is 42.1. The highest BCUT2D eigenvalue weighted by atomic mass is 19.4. The first kappa shape index (κ1) is 19.7. The Kier molecular flexibility index (Phi) is 4.97. The molecular weight excluding hydrogens is 353 g/mol. The lowest BCUT2D eigenvalue weighted by Gasteiger charge is -2.38. The van der Waals surface area contributed by atoms with Crippen molar-refractivity contribution in [3.05, 3.63) is 47.5 Å². The highest BCUT2D eigenvalue weighted by Crippen LogP contribution is 2.43. The maximum atomic E-state index is 14.0. The van der Waals surface area contributed by atoms with E-state index in [0.29, 0.717) is 5.92 Å². The fourth-order valence-electron chi connectivity index (χ4n) is 3.84. The van der Waals surface area contributed by atoms with Gasteiger partial charge in [-0.25, -0.2) is 0 Å². The summed E-state index contributed by atoms with van der Waals surface area (Å²) in [4.78, 5) is 11.8. The van der Waals surface area contributed by atoms with Crippen LogP contribution in [0.3, 0.4) is 0 Å². The van der Waals surface area contributed by atoms with Gasteiger partial charge in [0.15, 0.2) is 6.04 Å². The van der Waals surface area contributed by atoms with Gasteiger partial charge in [0, 0.05) is 12.0 Å². The number of rotatable bonds is 4. The van der Waals surface area contributed by atoms with Gasteiger partial charge in [-0.3, -0.25) is 10.2 Å². The van der Waals surface area contributed by atoms with Gasteiger partial charge in [0.2, 0.25) is 5.91 Å². The van der Waals surface area contributed by atoms with E-state index in [1.807, 2.05) is 18.2 Å². The topological polar surface area (TPSA) is 32.3 Å². The Morgan fingerprint density at radius 3 is 2.44 bits per heavy atom. The van der Waals surface area contributed by atoms with Crippen molar-refractivity contribution in [3.63, 3.8) is 0 Å². The van der Waals surface area contributed by atoms with Crippen molar-refractivity contribution in [2.45, 2.75) is 58.3 Å². The number of hydrogen-bond donors (Lipinski definition) is 1. The number of carbonyl (C=O) groups is 1. The first-order valence-electron chi connectivity index (χ1n) is 9.16. The van der Waals surface area contributed by atoms with Gasteiger partial charge in [-0.05, 0) is 54.2 Å². The number of hydrogen-bond acceptors (Lipinski definition) is 2. The highest BCUT2D eigenvalue weighted by molar-refractivity contribution is 5.86. The quantitative estimate of drug-likeness (QED) is 0.797. The van der Waals surface area contributed by atoms with Crippen LogP contribution in [-0.4, -0.2) is 22.6 Å². The standard InChI is InChI=1S/C21H25F3N2O/c1-13(2)10-15-7-5-6-14-8-9-16(11-17(14)15)19(21(22,23)24)26-20(3,4)12-18(27)25-26/h5-9,11,13,19H,10,12H2,1-4H3,(H,25,27)/t19-/m0/s1. The molecule has 0 spiro atoms. The molecule has 3 nitrogen and oxygen atoms in total. The summed E-state index contributed by atoms with van der Waals surface area (Å²) in [5.41, 5.74) is 2.67. The van der Waals surface area contributed by atoms with Gasteiger partial charge in [0.25, 0.3) is 0 Å². The summed E-state index contributed by atoms with van der Waals surface area (Å²) in [6, 6.07) is 8.80. The van der Waals surface area contributed by atoms with E-state index in [4.69, 9.17) is 0 Å². The Hall–Kier alpha value is -2.08. The van der Waals surface area contributed by atoms with E-state index >= 15 is 0 Å². The molecule has 0 radical (unpaired) electrons. The third-order valence-electron chi connectivity index (χ3n) is 5.00. The fraction of sp³-hybridized carbons (Fsp3) is 0.476. The molecular formula is C21H25F3N2O. The molecule has 0 aromatic heterocycles. The van der Waals surface area contributed by atoms with E-state index in [-0.39, 0.29) is 12.0 Å². The lowest BCUT2D eigenvalue weighted by Crippen LogP contribution is -2.51. The van der Waals surface area contributed by atoms with Crippen LogP contribution in [0.2, 0.25) is 0 Å². The van der Waals surface area contributed by atoms with Crippen LogP contribution in [-0.2, 0) is 11.2 Å². The summed E-state index contributed by atoms with van der Waals surface area (Å²) in [6.45, 7) is 7.47. The molecule has 1 N–H and O–H groups in total. The third kappa shape index (κ3) is 3.95. The van der Waals surface area contributed by atoms with Crippen LogP contribution in [0.5, 0.6) is 0 Å². The molecule has 0 bridgehead atoms. The van der Waals surface area contributed by atoms with E-state index in [1.54, 1.807) is 26.0 Å². The van der Waals surface area contributed by atoms with Crippen LogP contribution in [0.4, 0.5) is 13.2 Å². The first-order chi connectivity index (χ1) is 12.5. The van der Waals surface area contributed by atoms with E-state index in [9.17, 15) is 18.0 Å². The summed E-state index contributed by atoms with van der Waals surface area (Å²) in [6.07, 6.45) is -3.69. The molecule has 6 heteroatoms. The van der Waals surface area contributed by atoms with E-state index in [2.05, 4.69) is 19.3 Å². The van der Waals surface area contributed by atoms with Gasteiger partial charge in [-0.1, -0.05) is 44.2 Å². The Labute approximate surface area is 157 Å². The van der Waals surface area contributed by atoms with E-state index in [0.717, 1.165) is 27.8 Å². The van der Waals surface area contributed by atoms with Gasteiger partial charge in [0.05, 0.1) is 0 Å². The monoisotopic (exact) mass is 378 g/mol. The second-order valence-corrected chi connectivity index (χ2v) is 8.33. The van der Waals surface area contributed by atoms with Crippen molar-refractivity contribution >= 4 is 16.7 Å². The van der Waals surface area contributed by atoms with Crippen LogP contribution in [0, 0.1) is 5.92 Å². The van der Waals surface area contributed by atoms with Crippen LogP contribution < -0.4 is 5.43 Å². The van der Waals surface area contributed by atoms with Crippen molar-refractivity contribution < 1.29 is 18.0 Å². The predicted molar refractivity (Wildman–Crippen MR) is 100.0 cm³/mol. The van der Waals surface area contributed by atoms with Crippen LogP contribution in [0.15, 0.2) is 36.4 Å². The average Bonchev–Trinajstić information content (AvgIpc) is 2.78. The fourth-order valence-corrected chi connectivity index (χ4v) is 3.84. The molecule has 0 unspecified atom stereocenters. The van der Waals surface area contributed by atoms with Gasteiger partial charge in [-0.15, -0.1) is 0 Å². The lowest BCUT2D eigenvalue weighted by molar-refractivity contribution is -0.203. The van der Waals surface area contributed by atoms with Crippen molar-refractivity contribution in [2.75, 3.05) is 0 Å². The molecule has 1 saturated heterocycles. The zero-order valence-electron chi connectivity index (χ0n) is 16.0. The van der Waals surface area contributed by atoms with Crippen molar-refractivity contribution in [3.8, 4) is 0 Å². The number of nitrogens with zero attached hydrogens (tertiary/aromatic N) is 1. The minimum absolute atomic E-state index is 0.0335. The van der Waals surface area contributed by atoms with Crippen molar-refractivity contribution in [1.82, 2.24) is 10.4 Å². The first-order valence-corrected chi connectivity index (χ1v) is 9.16. The van der Waals surface area contributed by atoms with Gasteiger partial charge >= 0.3 is 6.18 Å². The lowest BCUT2D eigenvalue weighted by atomic mass is 9.92. The number of carbonyl (C=O) groups excluding carboxylic acids is 1. The van der Waals surface area contributed by atoms with Crippen LogP contribution >= 0.6 is 0 Å². The maximum Gasteiger partial charge on any atom is 0.409 e. The third-order valence-corrected chi connectivity index (χ3v) is 5.00. The number of nitrogens with one attached hydrogen (secondary N) is 1. The number of alkyl halides is 3. The number of fused-ring (bicyclic) bond motifs is 1. The maximum absolute atomic E-state index is 14.0. The number of benzene rings is 2. The number of halogens is 3. The number of hydrazine groups is 1. The zero-order valence-corrected chi connectivity index (χ0v) is 16.0. The Balaban J connectivity index is 2.13. The molecule has 1 fully saturated rings. The highest BCUT2D eigenvalue weighted by Gasteiger charge is 2.52. The summed E-state index contributed by atoms with van der Waals surface area (Å²) in [5.74, 6) is 0.00464. The Bertz CT molecular complexity index is 858. The van der Waals surface area contributed by atoms with Gasteiger partial charge in [-0.2, -0.15) is 18.2 Å². The predicted octanol–water partition coefficient (Wildman–Crippen LogP) is 5.16. The van der Waals surface area contributed by atoms with Crippen molar-refractivity contribution in [1.29, 1.82) is 0 Å². The molecule has 1 atom stereocenters. The molecule has 1 heterocycles. The molecule has 1 aliphatic heterocycles. The normalized spacial score (nSPS) is 18.9. The SMILES string of the molecule is CC(C)Cc1cccc2ccc([C@H](N3NC(=O)CC3(C)C)C(F)(F)F)cc12. The Morgan fingerprint density at radius 2 is 1.89 bits per heavy atom. The Morgan fingerprint density at radius 1 is 1.19 bits per heavy atom. The van der Waals surface area contributed by atoms with Gasteiger partial charge in [0.1, 0.15) is 0 Å². The second kappa shape index (κ2) is 6.82. The van der Waals surface area contributed by atoms with Gasteiger partial charge < -0.3 is 0 Å². The molecule has 2 aromatic rings. The molecule has 0 saturated carbocycles. The number of amides is 1. The molecule has 1 amide bonds. The summed E-state index contributed by atoms with van der Waals surface area (Å²) in [5, 5.41) is 2.81. The summed E-state index contributed by atoms with van der Waals surface area (Å²) >= 11 is 0. The minimum atomic E-state index is -4.52. The van der Waals surface area contributed by atoms with E-state index in [1.165, 1.54) is 6.07 Å². The van der Waals surface area contributed by atoms with Crippen molar-refractivity contribution in [2.24, 2.45) is 5.92 Å². The van der Waals surface area contributed by atoms with Crippen LogP contribution in [0.25, 0.3) is 10.8 Å². The smallest absolute Gasteiger partial charge is 0.287 e. The second-order valence-electron chi connectivity index (χ2n) is 8.33. The molecule has 146 valence electrons. The minimum Gasteiger partial charge on any atom is -0.287 e. The molecule has 0 aliphatic carbocycles. The molecule has 2 aromatic carbocycles. The average molecular weight is 378 g/mol. The molecule has 1 aliphatic rings. The summed E-state index contributed by atoms with van der Waals surface area (Å²) in [7, 11) is 0.